The van der Waals surface area contributed by atoms with Gasteiger partial charge in [-0.25, -0.2) is 4.98 Å². The average Bonchev–Trinajstić information content (AvgIpc) is 2.94. The lowest BCUT2D eigenvalue weighted by atomic mass is 10.2. The standard InChI is InChI=1S/C15H18N4O/c1-10-4-5-13-14(6-10)17-15(16-13)9-19(3)8-12-7-11(2)18-20-12/h4-7H,8-9H2,1-3H3,(H,16,17). The molecule has 0 radical (unpaired) electrons. The van der Waals surface area contributed by atoms with Gasteiger partial charge in [0.15, 0.2) is 5.76 Å². The van der Waals surface area contributed by atoms with Gasteiger partial charge in [-0.2, -0.15) is 0 Å². The maximum Gasteiger partial charge on any atom is 0.150 e. The zero-order chi connectivity index (χ0) is 14.1. The van der Waals surface area contributed by atoms with E-state index in [2.05, 4.69) is 39.1 Å². The summed E-state index contributed by atoms with van der Waals surface area (Å²) in [5, 5.41) is 3.90. The van der Waals surface area contributed by atoms with E-state index >= 15 is 0 Å². The summed E-state index contributed by atoms with van der Waals surface area (Å²) in [7, 11) is 2.04. The van der Waals surface area contributed by atoms with Crippen LogP contribution in [-0.2, 0) is 13.1 Å². The number of rotatable bonds is 4. The van der Waals surface area contributed by atoms with Crippen molar-refractivity contribution in [1.82, 2.24) is 20.0 Å². The quantitative estimate of drug-likeness (QED) is 0.792. The van der Waals surface area contributed by atoms with Crippen LogP contribution in [0.2, 0.25) is 0 Å². The summed E-state index contributed by atoms with van der Waals surface area (Å²) >= 11 is 0. The molecule has 0 amide bonds. The van der Waals surface area contributed by atoms with Crippen molar-refractivity contribution in [2.24, 2.45) is 0 Å². The van der Waals surface area contributed by atoms with E-state index in [9.17, 15) is 0 Å². The highest BCUT2D eigenvalue weighted by Gasteiger charge is 2.09. The highest BCUT2D eigenvalue weighted by atomic mass is 16.5. The maximum atomic E-state index is 5.23. The van der Waals surface area contributed by atoms with Crippen molar-refractivity contribution in [2.45, 2.75) is 26.9 Å². The molecule has 5 heteroatoms. The van der Waals surface area contributed by atoms with Crippen molar-refractivity contribution in [3.05, 3.63) is 47.1 Å². The number of H-pyrrole nitrogens is 1. The number of imidazole rings is 1. The van der Waals surface area contributed by atoms with E-state index in [0.717, 1.165) is 41.4 Å². The van der Waals surface area contributed by atoms with Crippen molar-refractivity contribution in [1.29, 1.82) is 0 Å². The third kappa shape index (κ3) is 2.72. The van der Waals surface area contributed by atoms with Gasteiger partial charge in [-0.15, -0.1) is 0 Å². The highest BCUT2D eigenvalue weighted by molar-refractivity contribution is 5.75. The number of hydrogen-bond acceptors (Lipinski definition) is 4. The number of aryl methyl sites for hydroxylation is 2. The largest absolute Gasteiger partial charge is 0.360 e. The molecular weight excluding hydrogens is 252 g/mol. The zero-order valence-corrected chi connectivity index (χ0v) is 12.0. The molecule has 0 unspecified atom stereocenters. The Kier molecular flexibility index (Phi) is 3.28. The second kappa shape index (κ2) is 5.09. The third-order valence-corrected chi connectivity index (χ3v) is 3.21. The number of nitrogens with one attached hydrogen (secondary N) is 1. The Morgan fingerprint density at radius 2 is 2.05 bits per heavy atom. The molecule has 0 atom stereocenters. The Morgan fingerprint density at radius 3 is 2.80 bits per heavy atom. The van der Waals surface area contributed by atoms with Gasteiger partial charge in [0, 0.05) is 6.07 Å². The zero-order valence-electron chi connectivity index (χ0n) is 12.0. The van der Waals surface area contributed by atoms with Crippen LogP contribution in [0.4, 0.5) is 0 Å². The minimum absolute atomic E-state index is 0.719. The summed E-state index contributed by atoms with van der Waals surface area (Å²) < 4.78 is 5.23. The molecule has 2 aromatic heterocycles. The second-order valence-corrected chi connectivity index (χ2v) is 5.31. The van der Waals surface area contributed by atoms with Crippen molar-refractivity contribution >= 4 is 11.0 Å². The number of benzene rings is 1. The summed E-state index contributed by atoms with van der Waals surface area (Å²) in [5.74, 6) is 1.83. The summed E-state index contributed by atoms with van der Waals surface area (Å²) in [6.45, 7) is 5.47. The Hall–Kier alpha value is -2.14. The molecule has 5 nitrogen and oxygen atoms in total. The molecule has 2 heterocycles. The molecule has 0 aliphatic heterocycles. The Bertz CT molecular complexity index is 728. The number of nitrogens with zero attached hydrogens (tertiary/aromatic N) is 3. The minimum Gasteiger partial charge on any atom is -0.360 e. The predicted octanol–water partition coefficient (Wildman–Crippen LogP) is 2.80. The molecule has 0 fully saturated rings. The van der Waals surface area contributed by atoms with Gasteiger partial charge in [0.05, 0.1) is 29.8 Å². The number of hydrogen-bond donors (Lipinski definition) is 1. The summed E-state index contributed by atoms with van der Waals surface area (Å²) in [6, 6.07) is 8.20. The first kappa shape index (κ1) is 12.9. The van der Waals surface area contributed by atoms with Crippen molar-refractivity contribution < 1.29 is 4.52 Å². The third-order valence-electron chi connectivity index (χ3n) is 3.21. The van der Waals surface area contributed by atoms with Gasteiger partial charge < -0.3 is 9.51 Å². The van der Waals surface area contributed by atoms with Crippen LogP contribution in [0.25, 0.3) is 11.0 Å². The molecule has 0 saturated carbocycles. The van der Waals surface area contributed by atoms with E-state index in [-0.39, 0.29) is 0 Å². The van der Waals surface area contributed by atoms with E-state index in [1.807, 2.05) is 26.1 Å². The predicted molar refractivity (Wildman–Crippen MR) is 77.2 cm³/mol. The Labute approximate surface area is 117 Å². The van der Waals surface area contributed by atoms with Gasteiger partial charge in [-0.05, 0) is 38.6 Å². The van der Waals surface area contributed by atoms with Gasteiger partial charge in [-0.1, -0.05) is 11.2 Å². The van der Waals surface area contributed by atoms with Crippen LogP contribution in [0.5, 0.6) is 0 Å². The van der Waals surface area contributed by atoms with Crippen LogP contribution >= 0.6 is 0 Å². The molecule has 1 N–H and O–H groups in total. The molecule has 104 valence electrons. The normalized spacial score (nSPS) is 11.6. The molecule has 0 aliphatic carbocycles. The smallest absolute Gasteiger partial charge is 0.150 e. The van der Waals surface area contributed by atoms with Gasteiger partial charge in [0.1, 0.15) is 5.82 Å². The Morgan fingerprint density at radius 1 is 1.20 bits per heavy atom. The number of aromatic amines is 1. The van der Waals surface area contributed by atoms with Crippen LogP contribution < -0.4 is 0 Å². The second-order valence-electron chi connectivity index (χ2n) is 5.31. The van der Waals surface area contributed by atoms with Gasteiger partial charge >= 0.3 is 0 Å². The average molecular weight is 270 g/mol. The summed E-state index contributed by atoms with van der Waals surface area (Å²) in [5.41, 5.74) is 4.24. The fraction of sp³-hybridized carbons (Fsp3) is 0.333. The molecule has 20 heavy (non-hydrogen) atoms. The van der Waals surface area contributed by atoms with Crippen molar-refractivity contribution in [2.75, 3.05) is 7.05 Å². The lowest BCUT2D eigenvalue weighted by Crippen LogP contribution is -2.17. The Balaban J connectivity index is 1.72. The number of aromatic nitrogens is 3. The first-order valence-corrected chi connectivity index (χ1v) is 6.66. The van der Waals surface area contributed by atoms with E-state index in [1.165, 1.54) is 5.56 Å². The fourth-order valence-corrected chi connectivity index (χ4v) is 2.32. The minimum atomic E-state index is 0.719. The molecule has 0 aliphatic rings. The van der Waals surface area contributed by atoms with Crippen molar-refractivity contribution in [3.63, 3.8) is 0 Å². The van der Waals surface area contributed by atoms with Crippen LogP contribution in [0, 0.1) is 13.8 Å². The molecule has 1 aromatic carbocycles. The van der Waals surface area contributed by atoms with Crippen LogP contribution in [0.3, 0.4) is 0 Å². The lowest BCUT2D eigenvalue weighted by Gasteiger charge is -2.12. The monoisotopic (exact) mass is 270 g/mol. The molecule has 3 rings (SSSR count). The SMILES string of the molecule is Cc1ccc2nc(CN(C)Cc3cc(C)no3)[nH]c2c1. The number of fused-ring (bicyclic) bond motifs is 1. The van der Waals surface area contributed by atoms with E-state index < -0.39 is 0 Å². The van der Waals surface area contributed by atoms with Crippen LogP contribution in [0.1, 0.15) is 22.8 Å². The molecule has 3 aromatic rings. The van der Waals surface area contributed by atoms with Crippen LogP contribution in [-0.4, -0.2) is 27.1 Å². The topological polar surface area (TPSA) is 58.0 Å². The highest BCUT2D eigenvalue weighted by Crippen LogP contribution is 2.14. The van der Waals surface area contributed by atoms with E-state index in [1.54, 1.807) is 0 Å². The molecule has 0 spiro atoms. The first-order valence-electron chi connectivity index (χ1n) is 6.66. The molecule has 0 saturated heterocycles. The van der Waals surface area contributed by atoms with E-state index in [0.29, 0.717) is 0 Å². The van der Waals surface area contributed by atoms with Gasteiger partial charge in [0.2, 0.25) is 0 Å². The van der Waals surface area contributed by atoms with Crippen LogP contribution in [0.15, 0.2) is 28.8 Å². The fourth-order valence-electron chi connectivity index (χ4n) is 2.32. The molecular formula is C15H18N4O. The summed E-state index contributed by atoms with van der Waals surface area (Å²) in [6.07, 6.45) is 0. The maximum absolute atomic E-state index is 5.23. The first-order chi connectivity index (χ1) is 9.60. The van der Waals surface area contributed by atoms with Crippen molar-refractivity contribution in [3.8, 4) is 0 Å². The van der Waals surface area contributed by atoms with E-state index in [4.69, 9.17) is 4.52 Å². The van der Waals surface area contributed by atoms with Gasteiger partial charge in [0.25, 0.3) is 0 Å². The molecule has 0 bridgehead atoms. The summed E-state index contributed by atoms with van der Waals surface area (Å²) in [4.78, 5) is 10.1. The lowest BCUT2D eigenvalue weighted by molar-refractivity contribution is 0.262. The van der Waals surface area contributed by atoms with Gasteiger partial charge in [-0.3, -0.25) is 4.90 Å².